The van der Waals surface area contributed by atoms with Crippen molar-refractivity contribution in [2.75, 3.05) is 12.3 Å². The SMILES string of the molecule is CCCNC(Cc1cc(F)cc(Br)c1)C1CCCCS1. The summed E-state index contributed by atoms with van der Waals surface area (Å²) in [5.74, 6) is 1.11. The van der Waals surface area contributed by atoms with Crippen LogP contribution in [0.1, 0.15) is 38.2 Å². The first-order chi connectivity index (χ1) is 9.69. The van der Waals surface area contributed by atoms with Crippen LogP contribution in [0.5, 0.6) is 0 Å². The van der Waals surface area contributed by atoms with E-state index in [2.05, 4.69) is 39.9 Å². The monoisotopic (exact) mass is 359 g/mol. The van der Waals surface area contributed by atoms with Crippen LogP contribution in [0.2, 0.25) is 0 Å². The third-order valence-electron chi connectivity index (χ3n) is 3.70. The minimum absolute atomic E-state index is 0.153. The van der Waals surface area contributed by atoms with Gasteiger partial charge in [-0.15, -0.1) is 0 Å². The zero-order valence-electron chi connectivity index (χ0n) is 12.0. The van der Waals surface area contributed by atoms with Gasteiger partial charge in [-0.25, -0.2) is 4.39 Å². The highest BCUT2D eigenvalue weighted by molar-refractivity contribution is 9.10. The van der Waals surface area contributed by atoms with Crippen LogP contribution in [0.3, 0.4) is 0 Å². The van der Waals surface area contributed by atoms with Gasteiger partial charge in [0.1, 0.15) is 5.82 Å². The van der Waals surface area contributed by atoms with Gasteiger partial charge in [-0.3, -0.25) is 0 Å². The van der Waals surface area contributed by atoms with Crippen molar-refractivity contribution >= 4 is 27.7 Å². The minimum Gasteiger partial charge on any atom is -0.313 e. The highest BCUT2D eigenvalue weighted by Crippen LogP contribution is 2.29. The molecule has 1 N–H and O–H groups in total. The molecule has 0 aliphatic carbocycles. The van der Waals surface area contributed by atoms with E-state index in [1.54, 1.807) is 6.07 Å². The molecule has 2 unspecified atom stereocenters. The maximum absolute atomic E-state index is 13.5. The second-order valence-electron chi connectivity index (χ2n) is 5.45. The van der Waals surface area contributed by atoms with Crippen LogP contribution in [0.4, 0.5) is 4.39 Å². The van der Waals surface area contributed by atoms with E-state index in [9.17, 15) is 4.39 Å². The summed E-state index contributed by atoms with van der Waals surface area (Å²) in [4.78, 5) is 0. The van der Waals surface area contributed by atoms with Gasteiger partial charge in [0.2, 0.25) is 0 Å². The number of nitrogens with one attached hydrogen (secondary N) is 1. The molecule has 1 aliphatic rings. The molecular formula is C16H23BrFNS. The molecule has 112 valence electrons. The molecule has 1 nitrogen and oxygen atoms in total. The molecule has 0 spiro atoms. The average molecular weight is 360 g/mol. The van der Waals surface area contributed by atoms with Crippen molar-refractivity contribution in [1.82, 2.24) is 5.32 Å². The van der Waals surface area contributed by atoms with Gasteiger partial charge in [-0.2, -0.15) is 11.8 Å². The van der Waals surface area contributed by atoms with Gasteiger partial charge >= 0.3 is 0 Å². The number of hydrogen-bond donors (Lipinski definition) is 1. The zero-order valence-corrected chi connectivity index (χ0v) is 14.4. The van der Waals surface area contributed by atoms with Gasteiger partial charge in [0.15, 0.2) is 0 Å². The fraction of sp³-hybridized carbons (Fsp3) is 0.625. The molecule has 1 aromatic carbocycles. The van der Waals surface area contributed by atoms with Crippen molar-refractivity contribution in [3.63, 3.8) is 0 Å². The first-order valence-corrected chi connectivity index (χ1v) is 9.33. The van der Waals surface area contributed by atoms with Crippen molar-refractivity contribution < 1.29 is 4.39 Å². The maximum atomic E-state index is 13.5. The molecule has 1 fully saturated rings. The van der Waals surface area contributed by atoms with Crippen LogP contribution >= 0.6 is 27.7 Å². The summed E-state index contributed by atoms with van der Waals surface area (Å²) in [5, 5.41) is 4.33. The Morgan fingerprint density at radius 3 is 2.90 bits per heavy atom. The number of thioether (sulfide) groups is 1. The Kier molecular flexibility index (Phi) is 6.85. The fourth-order valence-corrected chi connectivity index (χ4v) is 4.67. The van der Waals surface area contributed by atoms with E-state index in [0.717, 1.165) is 29.4 Å². The summed E-state index contributed by atoms with van der Waals surface area (Å²) in [5.41, 5.74) is 1.08. The summed E-state index contributed by atoms with van der Waals surface area (Å²) in [6.45, 7) is 3.23. The van der Waals surface area contributed by atoms with Crippen LogP contribution in [-0.4, -0.2) is 23.6 Å². The van der Waals surface area contributed by atoms with Crippen molar-refractivity contribution in [2.24, 2.45) is 0 Å². The topological polar surface area (TPSA) is 12.0 Å². The largest absolute Gasteiger partial charge is 0.313 e. The lowest BCUT2D eigenvalue weighted by atomic mass is 9.99. The molecule has 0 bridgehead atoms. The summed E-state index contributed by atoms with van der Waals surface area (Å²) in [6.07, 6.45) is 6.00. The first-order valence-electron chi connectivity index (χ1n) is 7.49. The Hall–Kier alpha value is -0.0600. The molecule has 1 aromatic rings. The van der Waals surface area contributed by atoms with Gasteiger partial charge in [-0.05, 0) is 61.7 Å². The number of hydrogen-bond acceptors (Lipinski definition) is 2. The highest BCUT2D eigenvalue weighted by atomic mass is 79.9. The van der Waals surface area contributed by atoms with Crippen molar-refractivity contribution in [3.05, 3.63) is 34.1 Å². The number of rotatable bonds is 6. The normalized spacial score (nSPS) is 20.9. The Morgan fingerprint density at radius 1 is 1.40 bits per heavy atom. The molecule has 1 saturated heterocycles. The van der Waals surface area contributed by atoms with E-state index in [4.69, 9.17) is 0 Å². The van der Waals surface area contributed by atoms with Crippen LogP contribution in [0.15, 0.2) is 22.7 Å². The van der Waals surface area contributed by atoms with E-state index in [-0.39, 0.29) is 5.82 Å². The van der Waals surface area contributed by atoms with E-state index in [0.29, 0.717) is 11.3 Å². The first kappa shape index (κ1) is 16.3. The van der Waals surface area contributed by atoms with Crippen molar-refractivity contribution in [1.29, 1.82) is 0 Å². The lowest BCUT2D eigenvalue weighted by Gasteiger charge is -2.31. The molecule has 4 heteroatoms. The predicted octanol–water partition coefficient (Wildman–Crippen LogP) is 4.78. The van der Waals surface area contributed by atoms with Gasteiger partial charge in [0.05, 0.1) is 0 Å². The Morgan fingerprint density at radius 2 is 2.25 bits per heavy atom. The molecular weight excluding hydrogens is 337 g/mol. The Bertz CT molecular complexity index is 401. The minimum atomic E-state index is -0.153. The Labute approximate surface area is 134 Å². The van der Waals surface area contributed by atoms with Crippen LogP contribution in [0.25, 0.3) is 0 Å². The maximum Gasteiger partial charge on any atom is 0.124 e. The molecule has 2 rings (SSSR count). The van der Waals surface area contributed by atoms with Crippen LogP contribution in [-0.2, 0) is 6.42 Å². The second kappa shape index (κ2) is 8.40. The highest BCUT2D eigenvalue weighted by Gasteiger charge is 2.24. The second-order valence-corrected chi connectivity index (χ2v) is 7.71. The Balaban J connectivity index is 2.05. The van der Waals surface area contributed by atoms with Gasteiger partial charge < -0.3 is 5.32 Å². The number of benzene rings is 1. The molecule has 0 saturated carbocycles. The summed E-state index contributed by atoms with van der Waals surface area (Å²) < 4.78 is 14.3. The quantitative estimate of drug-likeness (QED) is 0.783. The zero-order chi connectivity index (χ0) is 14.4. The molecule has 1 heterocycles. The molecule has 1 aliphatic heterocycles. The summed E-state index contributed by atoms with van der Waals surface area (Å²) in [7, 11) is 0. The molecule has 2 atom stereocenters. The third-order valence-corrected chi connectivity index (χ3v) is 5.67. The van der Waals surface area contributed by atoms with Crippen molar-refractivity contribution in [3.8, 4) is 0 Å². The number of halogens is 2. The van der Waals surface area contributed by atoms with E-state index in [1.807, 2.05) is 6.07 Å². The van der Waals surface area contributed by atoms with Gasteiger partial charge in [0, 0.05) is 15.8 Å². The fourth-order valence-electron chi connectivity index (χ4n) is 2.73. The standard InChI is InChI=1S/C16H23BrFNS/c1-2-6-19-15(16-5-3-4-7-20-16)10-12-8-13(17)11-14(18)9-12/h8-9,11,15-16,19H,2-7,10H2,1H3. The lowest BCUT2D eigenvalue weighted by Crippen LogP contribution is -2.41. The summed E-state index contributed by atoms with van der Waals surface area (Å²) in [6, 6.07) is 5.68. The smallest absolute Gasteiger partial charge is 0.124 e. The molecule has 0 amide bonds. The van der Waals surface area contributed by atoms with Gasteiger partial charge in [0.25, 0.3) is 0 Å². The third kappa shape index (κ3) is 5.05. The van der Waals surface area contributed by atoms with Crippen molar-refractivity contribution in [2.45, 2.75) is 50.3 Å². The van der Waals surface area contributed by atoms with Gasteiger partial charge in [-0.1, -0.05) is 29.3 Å². The average Bonchev–Trinajstić information content (AvgIpc) is 2.43. The molecule has 0 aromatic heterocycles. The molecule has 0 radical (unpaired) electrons. The van der Waals surface area contributed by atoms with E-state index < -0.39 is 0 Å². The van der Waals surface area contributed by atoms with Crippen LogP contribution in [0, 0.1) is 5.82 Å². The lowest BCUT2D eigenvalue weighted by molar-refractivity contribution is 0.460. The predicted molar refractivity (Wildman–Crippen MR) is 90.0 cm³/mol. The molecule has 20 heavy (non-hydrogen) atoms. The summed E-state index contributed by atoms with van der Waals surface area (Å²) >= 11 is 5.47. The van der Waals surface area contributed by atoms with E-state index >= 15 is 0 Å². The van der Waals surface area contributed by atoms with E-state index in [1.165, 1.54) is 31.1 Å². The van der Waals surface area contributed by atoms with Crippen LogP contribution < -0.4 is 5.32 Å².